The number of nitrogens with one attached hydrogen (secondary N) is 3. The maximum Gasteiger partial charge on any atom is 0.333 e. The van der Waals surface area contributed by atoms with Crippen LogP contribution in [0.2, 0.25) is 0 Å². The lowest BCUT2D eigenvalue weighted by Gasteiger charge is -2.32. The number of carbonyl (C=O) groups excluding carboxylic acids is 3. The molecular weight excluding hydrogens is 707 g/mol. The van der Waals surface area contributed by atoms with Gasteiger partial charge in [0, 0.05) is 55.1 Å². The van der Waals surface area contributed by atoms with Crippen molar-refractivity contribution in [2.75, 3.05) is 19.6 Å². The summed E-state index contributed by atoms with van der Waals surface area (Å²) in [6.07, 6.45) is 8.55. The number of amides is 2. The summed E-state index contributed by atoms with van der Waals surface area (Å²) in [5.74, 6) is -1.34. The number of carbonyl (C=O) groups is 3. The van der Waals surface area contributed by atoms with Crippen LogP contribution in [0.3, 0.4) is 0 Å². The number of sulfonamides is 1. The van der Waals surface area contributed by atoms with Crippen molar-refractivity contribution in [1.82, 2.24) is 14.7 Å². The minimum absolute atomic E-state index is 0.0168. The molecule has 0 bridgehead atoms. The van der Waals surface area contributed by atoms with Crippen molar-refractivity contribution in [3.63, 3.8) is 0 Å². The average molecular weight is 756 g/mol. The van der Waals surface area contributed by atoms with Crippen LogP contribution in [0.1, 0.15) is 100 Å². The smallest absolute Gasteiger partial charge is 0.333 e. The summed E-state index contributed by atoms with van der Waals surface area (Å²) < 4.78 is 37.6. The van der Waals surface area contributed by atoms with Gasteiger partial charge in [0.15, 0.2) is 5.75 Å². The van der Waals surface area contributed by atoms with Crippen LogP contribution in [-0.2, 0) is 29.2 Å². The zero-order chi connectivity index (χ0) is 38.4. The molecule has 1 saturated heterocycles. The van der Waals surface area contributed by atoms with Crippen molar-refractivity contribution >= 4 is 51.3 Å². The molecule has 6 rings (SSSR count). The highest BCUT2D eigenvalue weighted by molar-refractivity contribution is 7.89. The van der Waals surface area contributed by atoms with Crippen molar-refractivity contribution in [2.24, 2.45) is 0 Å². The lowest BCUT2D eigenvalue weighted by Crippen LogP contribution is -2.34. The summed E-state index contributed by atoms with van der Waals surface area (Å²) in [5, 5.41) is 5.68. The lowest BCUT2D eigenvalue weighted by molar-refractivity contribution is -0.197. The molecule has 12 nitrogen and oxygen atoms in total. The van der Waals surface area contributed by atoms with Gasteiger partial charge >= 0.3 is 5.97 Å². The molecule has 1 saturated carbocycles. The molecule has 0 unspecified atom stereocenters. The largest absolute Gasteiger partial charge is 0.698 e. The van der Waals surface area contributed by atoms with Crippen molar-refractivity contribution in [2.45, 2.75) is 101 Å². The molecule has 2 heterocycles. The van der Waals surface area contributed by atoms with Crippen molar-refractivity contribution in [3.05, 3.63) is 87.1 Å². The number of rotatable bonds is 16. The average Bonchev–Trinajstić information content (AvgIpc) is 3.78. The molecule has 0 radical (unpaired) electrons. The van der Waals surface area contributed by atoms with Gasteiger partial charge in [-0.25, -0.2) is 13.2 Å². The molecule has 288 valence electrons. The maximum atomic E-state index is 14.8. The second kappa shape index (κ2) is 17.2. The van der Waals surface area contributed by atoms with E-state index < -0.39 is 27.8 Å². The van der Waals surface area contributed by atoms with Crippen LogP contribution in [0, 0.1) is 6.92 Å². The van der Waals surface area contributed by atoms with Crippen molar-refractivity contribution < 1.29 is 32.4 Å². The van der Waals surface area contributed by atoms with Gasteiger partial charge in [0.25, 0.3) is 11.8 Å². The Kier molecular flexibility index (Phi) is 12.4. The fourth-order valence-electron chi connectivity index (χ4n) is 7.49. The molecule has 54 heavy (non-hydrogen) atoms. The van der Waals surface area contributed by atoms with Gasteiger partial charge in [-0.1, -0.05) is 80.8 Å². The lowest BCUT2D eigenvalue weighted by atomic mass is 9.89. The summed E-state index contributed by atoms with van der Waals surface area (Å²) in [6, 6.07) is 14.9. The number of hydroxylamine groups is 2. The van der Waals surface area contributed by atoms with E-state index in [4.69, 9.17) is 21.0 Å². The molecule has 0 aromatic heterocycles. The van der Waals surface area contributed by atoms with E-state index in [9.17, 15) is 22.8 Å². The van der Waals surface area contributed by atoms with Gasteiger partial charge in [-0.15, -0.1) is 16.4 Å². The van der Waals surface area contributed by atoms with Crippen LogP contribution in [0.4, 0.5) is 11.4 Å². The maximum absolute atomic E-state index is 14.8. The highest BCUT2D eigenvalue weighted by Crippen LogP contribution is 2.51. The number of benzene rings is 3. The Bertz CT molecular complexity index is 2120. The van der Waals surface area contributed by atoms with E-state index in [2.05, 4.69) is 11.9 Å². The van der Waals surface area contributed by atoms with Crippen LogP contribution in [0.15, 0.2) is 53.4 Å². The fraction of sp³-hybridized carbons (Fsp3) is 0.439. The molecule has 2 amide bonds. The summed E-state index contributed by atoms with van der Waals surface area (Å²) in [4.78, 5) is 40.8. The third-order valence-electron chi connectivity index (χ3n) is 10.5. The topological polar surface area (TPSA) is 170 Å². The first-order valence-electron chi connectivity index (χ1n) is 19.0. The molecule has 2 fully saturated rings. The molecule has 3 aliphatic rings. The number of nitrogens with zero attached hydrogens (tertiary/aromatic N) is 2. The van der Waals surface area contributed by atoms with Gasteiger partial charge in [0.05, 0.1) is 0 Å². The zero-order valence-electron chi connectivity index (χ0n) is 30.9. The SMILES string of the molecule is C=c1ccccc1=C1c2ccc([NH-])c(C)c2Oc2c1ccc([NH-])c2S(=O)(=O)N(CCCCCNC1CCCC1)CCCCCC(=O)ON1C(=O)CCC1=O. The van der Waals surface area contributed by atoms with Crippen LogP contribution in [0.25, 0.3) is 23.6 Å². The number of imide groups is 1. The molecule has 2 aliphatic heterocycles. The van der Waals surface area contributed by atoms with Crippen molar-refractivity contribution in [1.29, 1.82) is 0 Å². The Morgan fingerprint density at radius 2 is 1.52 bits per heavy atom. The van der Waals surface area contributed by atoms with E-state index in [1.165, 1.54) is 36.1 Å². The Balaban J connectivity index is 1.25. The van der Waals surface area contributed by atoms with Gasteiger partial charge in [-0.2, -0.15) is 4.31 Å². The van der Waals surface area contributed by atoms with E-state index in [0.29, 0.717) is 59.2 Å². The number of hydrogen-bond acceptors (Lipinski definition) is 8. The van der Waals surface area contributed by atoms with E-state index in [0.717, 1.165) is 35.4 Å². The first-order chi connectivity index (χ1) is 26.0. The Morgan fingerprint density at radius 1 is 0.889 bits per heavy atom. The van der Waals surface area contributed by atoms with Gasteiger partial charge in [-0.05, 0) is 68.0 Å². The minimum Gasteiger partial charge on any atom is -0.698 e. The van der Waals surface area contributed by atoms with E-state index >= 15 is 0 Å². The Hall–Kier alpha value is -4.72. The Labute approximate surface area is 317 Å². The molecule has 13 heteroatoms. The highest BCUT2D eigenvalue weighted by atomic mass is 32.2. The summed E-state index contributed by atoms with van der Waals surface area (Å²) in [5.41, 5.74) is 20.0. The number of ether oxygens (including phenoxy) is 1. The molecular formula is C41H49N5O7S-2. The monoisotopic (exact) mass is 755 g/mol. The summed E-state index contributed by atoms with van der Waals surface area (Å²) in [7, 11) is -4.30. The second-order valence-corrected chi connectivity index (χ2v) is 16.2. The van der Waals surface area contributed by atoms with E-state index in [1.54, 1.807) is 19.1 Å². The highest BCUT2D eigenvalue weighted by Gasteiger charge is 2.35. The predicted molar refractivity (Wildman–Crippen MR) is 207 cm³/mol. The quantitative estimate of drug-likeness (QED) is 0.0943. The van der Waals surface area contributed by atoms with Gasteiger partial charge in [0.2, 0.25) is 10.0 Å². The van der Waals surface area contributed by atoms with Crippen LogP contribution in [0.5, 0.6) is 11.5 Å². The number of hydrogen-bond donors (Lipinski definition) is 1. The zero-order valence-corrected chi connectivity index (χ0v) is 31.7. The molecule has 1 aliphatic carbocycles. The summed E-state index contributed by atoms with van der Waals surface area (Å²) in [6.45, 7) is 7.27. The van der Waals surface area contributed by atoms with Gasteiger partial charge in [0.1, 0.15) is 10.6 Å². The molecule has 0 spiro atoms. The minimum atomic E-state index is -4.30. The van der Waals surface area contributed by atoms with Crippen molar-refractivity contribution in [3.8, 4) is 11.5 Å². The second-order valence-electron chi connectivity index (χ2n) is 14.3. The normalized spacial score (nSPS) is 16.8. The standard InChI is InChI=1S/C41H49N5O7S/c1-27-13-6-9-16-30(27)38-31-18-20-33(42)28(2)39(31)52-40-32(38)19-21-34(43)41(40)54(50,51)45(26-12-4-10-24-44-29-14-7-8-15-29)25-11-3-5-17-37(49)53-46-35(47)22-23-36(46)48/h6,9,13,16,18-21,29,42-44H,1,3-5,7-8,10-12,14-15,17,22-26H2,2H3/q-2. The summed E-state index contributed by atoms with van der Waals surface area (Å²) >= 11 is 0. The van der Waals surface area contributed by atoms with E-state index in [1.807, 2.05) is 30.3 Å². The van der Waals surface area contributed by atoms with E-state index in [-0.39, 0.29) is 54.4 Å². The molecule has 3 aromatic carbocycles. The number of unbranched alkanes of at least 4 members (excludes halogenated alkanes) is 4. The third kappa shape index (κ3) is 8.48. The van der Waals surface area contributed by atoms with Gasteiger partial charge in [-0.3, -0.25) is 9.59 Å². The Morgan fingerprint density at radius 3 is 2.20 bits per heavy atom. The van der Waals surface area contributed by atoms with Gasteiger partial charge < -0.3 is 26.4 Å². The molecule has 3 N–H and O–H groups in total. The number of fused-ring (bicyclic) bond motifs is 2. The first kappa shape index (κ1) is 39.0. The van der Waals surface area contributed by atoms with Crippen LogP contribution in [-0.4, -0.2) is 61.2 Å². The fourth-order valence-corrected chi connectivity index (χ4v) is 9.21. The third-order valence-corrected chi connectivity index (χ3v) is 12.5. The predicted octanol–water partition coefficient (Wildman–Crippen LogP) is 6.99. The molecule has 0 atom stereocenters. The first-order valence-corrected chi connectivity index (χ1v) is 20.4. The molecule has 3 aromatic rings. The van der Waals surface area contributed by atoms with Crippen LogP contribution < -0.4 is 20.5 Å². The van der Waals surface area contributed by atoms with Crippen LogP contribution >= 0.6 is 0 Å².